The Morgan fingerprint density at radius 1 is 1.07 bits per heavy atom. The van der Waals surface area contributed by atoms with Crippen molar-refractivity contribution in [3.63, 3.8) is 0 Å². The van der Waals surface area contributed by atoms with Gasteiger partial charge in [0.1, 0.15) is 0 Å². The summed E-state index contributed by atoms with van der Waals surface area (Å²) in [6, 6.07) is 13.9. The minimum absolute atomic E-state index is 0.241. The molecule has 7 heteroatoms. The fraction of sp³-hybridized carbons (Fsp3) is 0.350. The third kappa shape index (κ3) is 4.83. The maximum absolute atomic E-state index is 5.93. The van der Waals surface area contributed by atoms with E-state index in [-0.39, 0.29) is 6.61 Å². The van der Waals surface area contributed by atoms with E-state index in [1.807, 2.05) is 49.4 Å². The Labute approximate surface area is 159 Å². The summed E-state index contributed by atoms with van der Waals surface area (Å²) in [4.78, 5) is 0. The summed E-state index contributed by atoms with van der Waals surface area (Å²) in [7, 11) is 1.64. The minimum atomic E-state index is 0.241. The molecule has 0 saturated carbocycles. The first-order chi connectivity index (χ1) is 13.2. The van der Waals surface area contributed by atoms with Crippen molar-refractivity contribution in [1.82, 2.24) is 25.5 Å². The van der Waals surface area contributed by atoms with E-state index in [0.717, 1.165) is 30.8 Å². The predicted molar refractivity (Wildman–Crippen MR) is 103 cm³/mol. The fourth-order valence-electron chi connectivity index (χ4n) is 2.68. The number of ether oxygens (including phenoxy) is 2. The maximum atomic E-state index is 5.93. The van der Waals surface area contributed by atoms with Crippen molar-refractivity contribution in [2.24, 2.45) is 0 Å². The van der Waals surface area contributed by atoms with Gasteiger partial charge in [0.15, 0.2) is 23.9 Å². The molecule has 0 bridgehead atoms. The van der Waals surface area contributed by atoms with E-state index in [0.29, 0.717) is 17.3 Å². The molecule has 0 fully saturated rings. The molecule has 1 aromatic heterocycles. The van der Waals surface area contributed by atoms with E-state index in [4.69, 9.17) is 9.47 Å². The molecular formula is C20H25N5O2. The lowest BCUT2D eigenvalue weighted by atomic mass is 10.2. The minimum Gasteiger partial charge on any atom is -0.493 e. The van der Waals surface area contributed by atoms with Gasteiger partial charge < -0.3 is 14.8 Å². The summed E-state index contributed by atoms with van der Waals surface area (Å²) in [6.45, 7) is 6.22. The number of hydrogen-bond donors (Lipinski definition) is 1. The number of tetrazole rings is 1. The Morgan fingerprint density at radius 3 is 2.63 bits per heavy atom. The quantitative estimate of drug-likeness (QED) is 0.586. The van der Waals surface area contributed by atoms with Gasteiger partial charge in [0.2, 0.25) is 0 Å². The zero-order valence-corrected chi connectivity index (χ0v) is 16.0. The van der Waals surface area contributed by atoms with Crippen molar-refractivity contribution < 1.29 is 9.47 Å². The van der Waals surface area contributed by atoms with Gasteiger partial charge in [-0.1, -0.05) is 30.7 Å². The molecule has 1 N–H and O–H groups in total. The number of hydrogen-bond acceptors (Lipinski definition) is 6. The van der Waals surface area contributed by atoms with Crippen LogP contribution in [0.3, 0.4) is 0 Å². The second kappa shape index (κ2) is 9.14. The number of benzene rings is 2. The van der Waals surface area contributed by atoms with Crippen LogP contribution < -0.4 is 14.8 Å². The molecule has 0 aliphatic heterocycles. The van der Waals surface area contributed by atoms with Crippen LogP contribution in [0.4, 0.5) is 0 Å². The Balaban J connectivity index is 1.70. The third-order valence-corrected chi connectivity index (χ3v) is 4.15. The Morgan fingerprint density at radius 2 is 1.89 bits per heavy atom. The van der Waals surface area contributed by atoms with Gasteiger partial charge in [-0.3, -0.25) is 0 Å². The first-order valence-corrected chi connectivity index (χ1v) is 9.06. The molecule has 0 aliphatic carbocycles. The van der Waals surface area contributed by atoms with Gasteiger partial charge >= 0.3 is 0 Å². The van der Waals surface area contributed by atoms with Gasteiger partial charge in [0.05, 0.1) is 12.8 Å². The van der Waals surface area contributed by atoms with E-state index in [1.54, 1.807) is 11.8 Å². The van der Waals surface area contributed by atoms with Gasteiger partial charge in [0, 0.05) is 6.54 Å². The van der Waals surface area contributed by atoms with Crippen LogP contribution in [-0.2, 0) is 13.2 Å². The van der Waals surface area contributed by atoms with E-state index in [1.165, 1.54) is 5.56 Å². The summed E-state index contributed by atoms with van der Waals surface area (Å²) in [5.41, 5.74) is 3.23. The van der Waals surface area contributed by atoms with Gasteiger partial charge in [-0.25, -0.2) is 0 Å². The molecule has 142 valence electrons. The Kier molecular flexibility index (Phi) is 6.38. The molecule has 0 radical (unpaired) electrons. The molecule has 0 spiro atoms. The topological polar surface area (TPSA) is 74.1 Å². The highest BCUT2D eigenvalue weighted by Gasteiger charge is 2.11. The van der Waals surface area contributed by atoms with Gasteiger partial charge in [-0.15, -0.1) is 5.10 Å². The molecule has 7 nitrogen and oxygen atoms in total. The van der Waals surface area contributed by atoms with Crippen LogP contribution in [0.15, 0.2) is 42.5 Å². The normalized spacial score (nSPS) is 10.8. The Hall–Kier alpha value is -2.93. The first-order valence-electron chi connectivity index (χ1n) is 9.06. The maximum Gasteiger partial charge on any atom is 0.194 e. The third-order valence-electron chi connectivity index (χ3n) is 4.15. The molecule has 0 amide bonds. The molecule has 2 aromatic carbocycles. The average molecular weight is 367 g/mol. The van der Waals surface area contributed by atoms with Crippen LogP contribution in [0.5, 0.6) is 11.5 Å². The van der Waals surface area contributed by atoms with E-state index >= 15 is 0 Å². The number of aryl methyl sites for hydroxylation is 1. The van der Waals surface area contributed by atoms with Gasteiger partial charge in [-0.2, -0.15) is 4.68 Å². The summed E-state index contributed by atoms with van der Waals surface area (Å²) in [5, 5.41) is 15.3. The van der Waals surface area contributed by atoms with Crippen molar-refractivity contribution in [3.8, 4) is 17.2 Å². The first kappa shape index (κ1) is 18.8. The second-order valence-corrected chi connectivity index (χ2v) is 6.29. The highest BCUT2D eigenvalue weighted by molar-refractivity contribution is 5.43. The van der Waals surface area contributed by atoms with Crippen molar-refractivity contribution in [1.29, 1.82) is 0 Å². The van der Waals surface area contributed by atoms with Gasteiger partial charge in [0.25, 0.3) is 0 Å². The molecular weight excluding hydrogens is 342 g/mol. The SMILES string of the molecule is CCCNCc1ccc(OCc2nnnn2-c2ccc(C)cc2)c(OC)c1. The predicted octanol–water partition coefficient (Wildman–Crippen LogP) is 3.06. The second-order valence-electron chi connectivity index (χ2n) is 6.29. The van der Waals surface area contributed by atoms with Crippen molar-refractivity contribution in [2.45, 2.75) is 33.4 Å². The average Bonchev–Trinajstić information content (AvgIpc) is 3.16. The molecule has 0 aliphatic rings. The lowest BCUT2D eigenvalue weighted by Gasteiger charge is -2.12. The fourth-order valence-corrected chi connectivity index (χ4v) is 2.68. The summed E-state index contributed by atoms with van der Waals surface area (Å²) >= 11 is 0. The molecule has 1 heterocycles. The molecule has 3 aromatic rings. The van der Waals surface area contributed by atoms with Crippen LogP contribution in [0.1, 0.15) is 30.3 Å². The molecule has 0 unspecified atom stereocenters. The van der Waals surface area contributed by atoms with Crippen LogP contribution in [-0.4, -0.2) is 33.9 Å². The summed E-state index contributed by atoms with van der Waals surface area (Å²) in [5.74, 6) is 1.98. The molecule has 0 atom stereocenters. The standard InChI is InChI=1S/C20H25N5O2/c1-4-11-21-13-16-7-10-18(19(12-16)26-3)27-14-20-22-23-24-25(20)17-8-5-15(2)6-9-17/h5-10,12,21H,4,11,13-14H2,1-3H3. The Bertz CT molecular complexity index is 861. The van der Waals surface area contributed by atoms with E-state index in [2.05, 4.69) is 27.8 Å². The smallest absolute Gasteiger partial charge is 0.194 e. The van der Waals surface area contributed by atoms with Crippen molar-refractivity contribution in [2.75, 3.05) is 13.7 Å². The van der Waals surface area contributed by atoms with Gasteiger partial charge in [-0.05, 0) is 60.1 Å². The van der Waals surface area contributed by atoms with Crippen LogP contribution in [0, 0.1) is 6.92 Å². The molecule has 3 rings (SSSR count). The van der Waals surface area contributed by atoms with Crippen molar-refractivity contribution >= 4 is 0 Å². The van der Waals surface area contributed by atoms with E-state index < -0.39 is 0 Å². The molecule has 0 saturated heterocycles. The largest absolute Gasteiger partial charge is 0.493 e. The molecule has 27 heavy (non-hydrogen) atoms. The number of methoxy groups -OCH3 is 1. The number of nitrogens with zero attached hydrogens (tertiary/aromatic N) is 4. The lowest BCUT2D eigenvalue weighted by Crippen LogP contribution is -2.13. The summed E-state index contributed by atoms with van der Waals surface area (Å²) in [6.07, 6.45) is 1.11. The van der Waals surface area contributed by atoms with Crippen LogP contribution in [0.2, 0.25) is 0 Å². The van der Waals surface area contributed by atoms with Crippen molar-refractivity contribution in [3.05, 3.63) is 59.4 Å². The zero-order chi connectivity index (χ0) is 19.1. The zero-order valence-electron chi connectivity index (χ0n) is 16.0. The highest BCUT2D eigenvalue weighted by Crippen LogP contribution is 2.28. The number of rotatable bonds is 9. The summed E-state index contributed by atoms with van der Waals surface area (Å²) < 4.78 is 13.1. The highest BCUT2D eigenvalue weighted by atomic mass is 16.5. The van der Waals surface area contributed by atoms with Crippen LogP contribution in [0.25, 0.3) is 5.69 Å². The number of aromatic nitrogens is 4. The monoisotopic (exact) mass is 367 g/mol. The number of nitrogens with one attached hydrogen (secondary N) is 1. The van der Waals surface area contributed by atoms with E-state index in [9.17, 15) is 0 Å². The lowest BCUT2D eigenvalue weighted by molar-refractivity contribution is 0.273. The van der Waals surface area contributed by atoms with Crippen LogP contribution >= 0.6 is 0 Å².